The van der Waals surface area contributed by atoms with Gasteiger partial charge in [-0.1, -0.05) is 20.8 Å². The molecule has 1 N–H and O–H groups in total. The first-order valence-electron chi connectivity index (χ1n) is 5.04. The van der Waals surface area contributed by atoms with Crippen LogP contribution in [0.3, 0.4) is 0 Å². The number of hydrogen-bond acceptors (Lipinski definition) is 2. The Morgan fingerprint density at radius 2 is 2.15 bits per heavy atom. The quantitative estimate of drug-likeness (QED) is 0.754. The summed E-state index contributed by atoms with van der Waals surface area (Å²) >= 11 is 0. The Hall–Kier alpha value is 0.110. The van der Waals surface area contributed by atoms with Gasteiger partial charge < -0.3 is 5.32 Å². The zero-order valence-corrected chi connectivity index (χ0v) is 9.91. The molecular weight excluding hydrogens is 182 g/mol. The minimum Gasteiger partial charge on any atom is -0.313 e. The minimum absolute atomic E-state index is 0.312. The first kappa shape index (κ1) is 11.2. The van der Waals surface area contributed by atoms with Gasteiger partial charge in [-0.05, 0) is 24.8 Å². The van der Waals surface area contributed by atoms with Crippen LogP contribution in [-0.2, 0) is 10.8 Å². The Labute approximate surface area is 83.9 Å². The molecule has 0 radical (unpaired) electrons. The van der Waals surface area contributed by atoms with E-state index >= 15 is 0 Å². The molecule has 0 bridgehead atoms. The van der Waals surface area contributed by atoms with Gasteiger partial charge >= 0.3 is 0 Å². The molecule has 1 aliphatic rings. The van der Waals surface area contributed by atoms with Gasteiger partial charge in [0, 0.05) is 23.1 Å². The van der Waals surface area contributed by atoms with Crippen molar-refractivity contribution in [1.29, 1.82) is 0 Å². The zero-order chi connectivity index (χ0) is 10.1. The molecule has 2 nitrogen and oxygen atoms in total. The van der Waals surface area contributed by atoms with Gasteiger partial charge in [-0.3, -0.25) is 4.21 Å². The molecule has 78 valence electrons. The van der Waals surface area contributed by atoms with E-state index in [9.17, 15) is 4.21 Å². The van der Waals surface area contributed by atoms with Crippen LogP contribution in [-0.4, -0.2) is 28.3 Å². The summed E-state index contributed by atoms with van der Waals surface area (Å²) in [6.45, 7) is 7.63. The van der Waals surface area contributed by atoms with Crippen LogP contribution in [0.5, 0.6) is 0 Å². The molecular formula is C10H21NOS. The Balaban J connectivity index is 2.73. The maximum absolute atomic E-state index is 11.5. The predicted octanol–water partition coefficient (Wildman–Crippen LogP) is 1.53. The molecule has 0 spiro atoms. The summed E-state index contributed by atoms with van der Waals surface area (Å²) in [7, 11) is -0.682. The lowest BCUT2D eigenvalue weighted by Crippen LogP contribution is -2.45. The maximum atomic E-state index is 11.5. The molecule has 3 atom stereocenters. The van der Waals surface area contributed by atoms with Crippen molar-refractivity contribution in [2.75, 3.05) is 12.8 Å². The summed E-state index contributed by atoms with van der Waals surface area (Å²) in [4.78, 5) is 0. The van der Waals surface area contributed by atoms with Gasteiger partial charge in [-0.15, -0.1) is 0 Å². The average Bonchev–Trinajstić information content (AvgIpc) is 2.29. The summed E-state index contributed by atoms with van der Waals surface area (Å²) < 4.78 is 11.5. The summed E-state index contributed by atoms with van der Waals surface area (Å²) in [6, 6.07) is 0.434. The summed E-state index contributed by atoms with van der Waals surface area (Å²) in [5, 5.41) is 3.83. The van der Waals surface area contributed by atoms with Crippen molar-refractivity contribution >= 4 is 10.8 Å². The molecule has 1 rings (SSSR count). The van der Waals surface area contributed by atoms with Crippen LogP contribution in [0.1, 0.15) is 33.6 Å². The predicted molar refractivity (Wildman–Crippen MR) is 58.3 cm³/mol. The molecule has 1 saturated carbocycles. The first-order chi connectivity index (χ1) is 5.99. The standard InChI is InChI=1S/C10H21NOS/c1-5-11-9-8(13(4)12)6-7-10(9,2)3/h8-9,11H,5-7H2,1-4H3. The van der Waals surface area contributed by atoms with E-state index in [0.29, 0.717) is 16.7 Å². The third-order valence-electron chi connectivity index (χ3n) is 3.14. The Morgan fingerprint density at radius 3 is 2.62 bits per heavy atom. The van der Waals surface area contributed by atoms with Crippen molar-refractivity contribution in [2.45, 2.75) is 44.9 Å². The summed E-state index contributed by atoms with van der Waals surface area (Å²) in [5.41, 5.74) is 0.312. The summed E-state index contributed by atoms with van der Waals surface area (Å²) in [5.74, 6) is 0. The van der Waals surface area contributed by atoms with Gasteiger partial charge in [0.05, 0.1) is 5.25 Å². The van der Waals surface area contributed by atoms with Crippen molar-refractivity contribution in [1.82, 2.24) is 5.32 Å². The fourth-order valence-electron chi connectivity index (χ4n) is 2.32. The Morgan fingerprint density at radius 1 is 1.54 bits per heavy atom. The van der Waals surface area contributed by atoms with Gasteiger partial charge in [0.1, 0.15) is 0 Å². The van der Waals surface area contributed by atoms with Crippen molar-refractivity contribution in [2.24, 2.45) is 5.41 Å². The van der Waals surface area contributed by atoms with Gasteiger partial charge in [0.25, 0.3) is 0 Å². The largest absolute Gasteiger partial charge is 0.313 e. The molecule has 13 heavy (non-hydrogen) atoms. The Kier molecular flexibility index (Phi) is 3.52. The lowest BCUT2D eigenvalue weighted by Gasteiger charge is -2.30. The van der Waals surface area contributed by atoms with Gasteiger partial charge in [0.15, 0.2) is 0 Å². The third-order valence-corrected chi connectivity index (χ3v) is 4.50. The molecule has 0 aromatic rings. The topological polar surface area (TPSA) is 29.1 Å². The van der Waals surface area contributed by atoms with Crippen LogP contribution < -0.4 is 5.32 Å². The molecule has 1 aliphatic carbocycles. The van der Waals surface area contributed by atoms with Gasteiger partial charge in [-0.2, -0.15) is 0 Å². The van der Waals surface area contributed by atoms with E-state index < -0.39 is 10.8 Å². The summed E-state index contributed by atoms with van der Waals surface area (Å²) in [6.07, 6.45) is 4.12. The van der Waals surface area contributed by atoms with Crippen molar-refractivity contribution < 1.29 is 4.21 Å². The fourth-order valence-corrected chi connectivity index (χ4v) is 3.62. The van der Waals surface area contributed by atoms with Crippen LogP contribution >= 0.6 is 0 Å². The second-order valence-electron chi connectivity index (χ2n) is 4.60. The Bertz CT molecular complexity index is 203. The molecule has 0 aromatic carbocycles. The average molecular weight is 203 g/mol. The van der Waals surface area contributed by atoms with Crippen LogP contribution in [0.4, 0.5) is 0 Å². The monoisotopic (exact) mass is 203 g/mol. The van der Waals surface area contributed by atoms with E-state index in [1.807, 2.05) is 6.26 Å². The highest BCUT2D eigenvalue weighted by Crippen LogP contribution is 2.39. The highest BCUT2D eigenvalue weighted by atomic mass is 32.2. The van der Waals surface area contributed by atoms with Crippen molar-refractivity contribution in [3.05, 3.63) is 0 Å². The molecule has 0 aliphatic heterocycles. The van der Waals surface area contributed by atoms with Crippen LogP contribution in [0.25, 0.3) is 0 Å². The molecule has 0 aromatic heterocycles. The smallest absolute Gasteiger partial charge is 0.0503 e. The SMILES string of the molecule is CCNC1C(S(C)=O)CCC1(C)C. The molecule has 1 fully saturated rings. The normalized spacial score (nSPS) is 34.8. The second kappa shape index (κ2) is 4.09. The molecule has 3 unspecified atom stereocenters. The van der Waals surface area contributed by atoms with E-state index in [1.165, 1.54) is 6.42 Å². The lowest BCUT2D eigenvalue weighted by atomic mass is 9.87. The van der Waals surface area contributed by atoms with E-state index in [-0.39, 0.29) is 0 Å². The zero-order valence-electron chi connectivity index (χ0n) is 9.09. The van der Waals surface area contributed by atoms with Crippen LogP contribution in [0.15, 0.2) is 0 Å². The second-order valence-corrected chi connectivity index (χ2v) is 6.20. The molecule has 0 amide bonds. The van der Waals surface area contributed by atoms with Crippen molar-refractivity contribution in [3.63, 3.8) is 0 Å². The number of nitrogens with one attached hydrogen (secondary N) is 1. The highest BCUT2D eigenvalue weighted by Gasteiger charge is 2.42. The highest BCUT2D eigenvalue weighted by molar-refractivity contribution is 7.85. The van der Waals surface area contributed by atoms with E-state index in [4.69, 9.17) is 0 Å². The fraction of sp³-hybridized carbons (Fsp3) is 1.00. The van der Waals surface area contributed by atoms with Gasteiger partial charge in [-0.25, -0.2) is 0 Å². The molecule has 0 saturated heterocycles. The van der Waals surface area contributed by atoms with Gasteiger partial charge in [0.2, 0.25) is 0 Å². The van der Waals surface area contributed by atoms with E-state index in [2.05, 4.69) is 26.1 Å². The number of rotatable bonds is 3. The lowest BCUT2D eigenvalue weighted by molar-refractivity contribution is 0.289. The third kappa shape index (κ3) is 2.32. The number of hydrogen-bond donors (Lipinski definition) is 1. The molecule has 3 heteroatoms. The van der Waals surface area contributed by atoms with Crippen molar-refractivity contribution in [3.8, 4) is 0 Å². The van der Waals surface area contributed by atoms with Crippen LogP contribution in [0, 0.1) is 5.41 Å². The van der Waals surface area contributed by atoms with E-state index in [1.54, 1.807) is 0 Å². The molecule has 0 heterocycles. The van der Waals surface area contributed by atoms with E-state index in [0.717, 1.165) is 13.0 Å². The minimum atomic E-state index is -0.682. The first-order valence-corrected chi connectivity index (χ1v) is 6.66. The maximum Gasteiger partial charge on any atom is 0.0503 e. The van der Waals surface area contributed by atoms with Crippen LogP contribution in [0.2, 0.25) is 0 Å².